The first-order chi connectivity index (χ1) is 15.4. The van der Waals surface area contributed by atoms with Crippen LogP contribution < -0.4 is 0 Å². The smallest absolute Gasteiger partial charge is 0.244 e. The van der Waals surface area contributed by atoms with E-state index in [1.54, 1.807) is 12.1 Å². The molecule has 2 fully saturated rings. The number of carbonyl (C=O) groups excluding carboxylic acids is 2. The van der Waals surface area contributed by atoms with Crippen LogP contribution in [0.1, 0.15) is 41.7 Å². The van der Waals surface area contributed by atoms with Gasteiger partial charge in [-0.05, 0) is 37.5 Å². The molecule has 2 aliphatic rings. The fourth-order valence-electron chi connectivity index (χ4n) is 4.47. The average molecular weight is 456 g/mol. The third-order valence-electron chi connectivity index (χ3n) is 6.30. The Kier molecular flexibility index (Phi) is 6.74. The molecule has 4 rings (SSSR count). The van der Waals surface area contributed by atoms with Crippen LogP contribution in [0, 0.1) is 0 Å². The second kappa shape index (κ2) is 9.52. The number of Topliss-reactive ketones (excluding diaryl/α,β-unsaturated/α-hetero) is 1. The Morgan fingerprint density at radius 3 is 1.97 bits per heavy atom. The summed E-state index contributed by atoms with van der Waals surface area (Å²) in [5.74, 6) is 0.00187. The molecule has 1 amide bonds. The molecule has 2 aromatic rings. The summed E-state index contributed by atoms with van der Waals surface area (Å²) in [7, 11) is -3.65. The molecule has 0 aliphatic carbocycles. The second-order valence-corrected chi connectivity index (χ2v) is 10.3. The minimum Gasteiger partial charge on any atom is -0.341 e. The number of hydrogen-bond donors (Lipinski definition) is 0. The first-order valence-corrected chi connectivity index (χ1v) is 12.5. The van der Waals surface area contributed by atoms with Crippen molar-refractivity contribution in [3.63, 3.8) is 0 Å². The van der Waals surface area contributed by atoms with Crippen LogP contribution in [0.2, 0.25) is 0 Å². The normalized spacial score (nSPS) is 19.1. The zero-order valence-electron chi connectivity index (χ0n) is 18.3. The van der Waals surface area contributed by atoms with Gasteiger partial charge in [-0.2, -0.15) is 4.31 Å². The van der Waals surface area contributed by atoms with Gasteiger partial charge in [-0.1, -0.05) is 42.5 Å². The van der Waals surface area contributed by atoms with Crippen LogP contribution in [0.4, 0.5) is 0 Å². The Morgan fingerprint density at radius 2 is 1.41 bits per heavy atom. The number of sulfonamides is 1. The fraction of sp³-hybridized carbons (Fsp3) is 0.417. The molecule has 2 saturated heterocycles. The number of ketones is 1. The molecule has 8 heteroatoms. The van der Waals surface area contributed by atoms with Crippen molar-refractivity contribution in [3.05, 3.63) is 65.7 Å². The first-order valence-electron chi connectivity index (χ1n) is 11.1. The maximum Gasteiger partial charge on any atom is 0.244 e. The summed E-state index contributed by atoms with van der Waals surface area (Å²) in [6.07, 6.45) is 2.06. The molecule has 7 nitrogen and oxygen atoms in total. The zero-order valence-corrected chi connectivity index (χ0v) is 19.1. The van der Waals surface area contributed by atoms with Gasteiger partial charge in [0.1, 0.15) is 6.04 Å². The Balaban J connectivity index is 1.50. The number of rotatable bonds is 6. The largest absolute Gasteiger partial charge is 0.341 e. The maximum absolute atomic E-state index is 13.4. The number of carbonyl (C=O) groups is 2. The number of hydrogen-bond acceptors (Lipinski definition) is 5. The number of nitrogens with zero attached hydrogens (tertiary/aromatic N) is 3. The third kappa shape index (κ3) is 4.62. The molecular formula is C24H29N3O4S. The Bertz CT molecular complexity index is 1060. The summed E-state index contributed by atoms with van der Waals surface area (Å²) in [5, 5.41) is 0. The predicted molar refractivity (Wildman–Crippen MR) is 122 cm³/mol. The molecule has 0 aromatic heterocycles. The minimum atomic E-state index is -3.65. The van der Waals surface area contributed by atoms with E-state index in [0.717, 1.165) is 31.5 Å². The molecule has 2 aromatic carbocycles. The van der Waals surface area contributed by atoms with Crippen molar-refractivity contribution >= 4 is 21.7 Å². The first kappa shape index (κ1) is 22.6. The van der Waals surface area contributed by atoms with Gasteiger partial charge in [0.2, 0.25) is 15.9 Å². The van der Waals surface area contributed by atoms with Crippen molar-refractivity contribution in [3.8, 4) is 0 Å². The summed E-state index contributed by atoms with van der Waals surface area (Å²) >= 11 is 0. The van der Waals surface area contributed by atoms with E-state index < -0.39 is 16.1 Å². The fourth-order valence-corrected chi connectivity index (χ4v) is 5.89. The number of likely N-dealkylation sites (tertiary alicyclic amines) is 1. The predicted octanol–water partition coefficient (Wildman–Crippen LogP) is 2.56. The number of amides is 1. The average Bonchev–Trinajstić information content (AvgIpc) is 3.35. The van der Waals surface area contributed by atoms with Crippen LogP contribution >= 0.6 is 0 Å². The van der Waals surface area contributed by atoms with Crippen molar-refractivity contribution in [2.75, 3.05) is 39.3 Å². The molecule has 0 N–H and O–H groups in total. The SMILES string of the molecule is CC(=O)c1ccc(S(=O)(=O)N2CCN([C@H](C(=O)N3CCCC3)c3ccccc3)CC2)cc1. The van der Waals surface area contributed by atoms with Crippen LogP contribution in [-0.2, 0) is 14.8 Å². The topological polar surface area (TPSA) is 78.0 Å². The molecule has 0 saturated carbocycles. The lowest BCUT2D eigenvalue weighted by molar-refractivity contribution is -0.136. The summed E-state index contributed by atoms with van der Waals surface area (Å²) < 4.78 is 27.7. The van der Waals surface area contributed by atoms with Gasteiger partial charge in [-0.15, -0.1) is 0 Å². The third-order valence-corrected chi connectivity index (χ3v) is 8.22. The zero-order chi connectivity index (χ0) is 22.7. The van der Waals surface area contributed by atoms with Gasteiger partial charge in [-0.25, -0.2) is 8.42 Å². The number of benzene rings is 2. The minimum absolute atomic E-state index is 0.0998. The highest BCUT2D eigenvalue weighted by molar-refractivity contribution is 7.89. The lowest BCUT2D eigenvalue weighted by Crippen LogP contribution is -2.52. The van der Waals surface area contributed by atoms with Gasteiger partial charge in [0, 0.05) is 44.8 Å². The van der Waals surface area contributed by atoms with Gasteiger partial charge in [-0.3, -0.25) is 14.5 Å². The molecule has 0 radical (unpaired) electrons. The van der Waals surface area contributed by atoms with Gasteiger partial charge >= 0.3 is 0 Å². The summed E-state index contributed by atoms with van der Waals surface area (Å²) in [6, 6.07) is 15.4. The highest BCUT2D eigenvalue weighted by atomic mass is 32.2. The van der Waals surface area contributed by atoms with E-state index >= 15 is 0 Å². The molecule has 170 valence electrons. The Hall–Kier alpha value is -2.55. The van der Waals surface area contributed by atoms with Gasteiger partial charge in [0.15, 0.2) is 5.78 Å². The van der Waals surface area contributed by atoms with Crippen molar-refractivity contribution < 1.29 is 18.0 Å². The van der Waals surface area contributed by atoms with Crippen LogP contribution in [0.25, 0.3) is 0 Å². The molecule has 0 unspecified atom stereocenters. The van der Waals surface area contributed by atoms with Crippen LogP contribution in [0.3, 0.4) is 0 Å². The maximum atomic E-state index is 13.4. The van der Waals surface area contributed by atoms with Crippen molar-refractivity contribution in [2.45, 2.75) is 30.7 Å². The van der Waals surface area contributed by atoms with Gasteiger partial charge in [0.05, 0.1) is 4.90 Å². The van der Waals surface area contributed by atoms with Crippen molar-refractivity contribution in [1.29, 1.82) is 0 Å². The van der Waals surface area contributed by atoms with E-state index in [0.29, 0.717) is 31.7 Å². The molecule has 2 aliphatic heterocycles. The van der Waals surface area contributed by atoms with E-state index in [2.05, 4.69) is 4.90 Å². The summed E-state index contributed by atoms with van der Waals surface area (Å²) in [4.78, 5) is 29.0. The van der Waals surface area contributed by atoms with Gasteiger partial charge in [0.25, 0.3) is 0 Å². The quantitative estimate of drug-likeness (QED) is 0.626. The Labute approximate surface area is 189 Å². The van der Waals surface area contributed by atoms with E-state index in [1.165, 1.54) is 23.4 Å². The van der Waals surface area contributed by atoms with Gasteiger partial charge < -0.3 is 4.90 Å². The molecule has 1 atom stereocenters. The monoisotopic (exact) mass is 455 g/mol. The molecule has 0 bridgehead atoms. The van der Waals surface area contributed by atoms with Crippen molar-refractivity contribution in [2.24, 2.45) is 0 Å². The lowest BCUT2D eigenvalue weighted by Gasteiger charge is -2.39. The highest BCUT2D eigenvalue weighted by Crippen LogP contribution is 2.28. The van der Waals surface area contributed by atoms with Crippen molar-refractivity contribution in [1.82, 2.24) is 14.1 Å². The second-order valence-electron chi connectivity index (χ2n) is 8.37. The van der Waals surface area contributed by atoms with E-state index in [4.69, 9.17) is 0 Å². The summed E-state index contributed by atoms with van der Waals surface area (Å²) in [5.41, 5.74) is 1.43. The Morgan fingerprint density at radius 1 is 0.812 bits per heavy atom. The molecule has 0 spiro atoms. The van der Waals surface area contributed by atoms with E-state index in [-0.39, 0.29) is 16.6 Å². The molecule has 32 heavy (non-hydrogen) atoms. The highest BCUT2D eigenvalue weighted by Gasteiger charge is 2.36. The lowest BCUT2D eigenvalue weighted by atomic mass is 10.0. The van der Waals surface area contributed by atoms with Crippen LogP contribution in [0.5, 0.6) is 0 Å². The summed E-state index contributed by atoms with van der Waals surface area (Å²) in [6.45, 7) is 4.60. The van der Waals surface area contributed by atoms with E-state index in [9.17, 15) is 18.0 Å². The number of piperazine rings is 1. The standard InChI is InChI=1S/C24H29N3O4S/c1-19(28)20-9-11-22(12-10-20)32(30,31)27-17-15-25(16-18-27)23(21-7-3-2-4-8-21)24(29)26-13-5-6-14-26/h2-4,7-12,23H,5-6,13-18H2,1H3/t23-/m0/s1. The van der Waals surface area contributed by atoms with E-state index in [1.807, 2.05) is 35.2 Å². The van der Waals surface area contributed by atoms with Crippen LogP contribution in [0.15, 0.2) is 59.5 Å². The molecular weight excluding hydrogens is 426 g/mol. The van der Waals surface area contributed by atoms with Crippen LogP contribution in [-0.4, -0.2) is 73.5 Å². The molecule has 2 heterocycles.